The van der Waals surface area contributed by atoms with Gasteiger partial charge in [0.05, 0.1) is 5.69 Å². The van der Waals surface area contributed by atoms with Crippen LogP contribution in [0, 0.1) is 13.8 Å². The fourth-order valence-corrected chi connectivity index (χ4v) is 2.82. The van der Waals surface area contributed by atoms with Crippen LogP contribution in [0.3, 0.4) is 0 Å². The molecule has 0 saturated heterocycles. The van der Waals surface area contributed by atoms with Gasteiger partial charge in [-0.15, -0.1) is 0 Å². The van der Waals surface area contributed by atoms with Crippen LogP contribution in [0.25, 0.3) is 0 Å². The quantitative estimate of drug-likeness (QED) is 0.784. The third kappa shape index (κ3) is 3.58. The van der Waals surface area contributed by atoms with Gasteiger partial charge >= 0.3 is 0 Å². The fraction of sp³-hybridized carbons (Fsp3) is 0.412. The summed E-state index contributed by atoms with van der Waals surface area (Å²) in [7, 11) is 0. The molecule has 2 aromatic rings. The summed E-state index contributed by atoms with van der Waals surface area (Å²) in [5, 5.41) is 4.39. The lowest BCUT2D eigenvalue weighted by molar-refractivity contribution is 0.0818. The van der Waals surface area contributed by atoms with Crippen molar-refractivity contribution < 1.29 is 9.53 Å². The van der Waals surface area contributed by atoms with Crippen molar-refractivity contribution in [3.8, 4) is 5.75 Å². The maximum absolute atomic E-state index is 12.3. The lowest BCUT2D eigenvalue weighted by atomic mass is 9.97. The summed E-state index contributed by atoms with van der Waals surface area (Å²) in [6.07, 6.45) is 1.02. The molecule has 0 amide bonds. The van der Waals surface area contributed by atoms with Crippen LogP contribution in [0.2, 0.25) is 0 Å². The minimum absolute atomic E-state index is 0.0243. The number of rotatable bonds is 5. The molecule has 5 heteroatoms. The van der Waals surface area contributed by atoms with Crippen LogP contribution >= 0.6 is 15.9 Å². The third-order valence-electron chi connectivity index (χ3n) is 3.86. The molecule has 0 aliphatic heterocycles. The lowest BCUT2D eigenvalue weighted by Crippen LogP contribution is -2.21. The molecule has 22 heavy (non-hydrogen) atoms. The number of halogens is 1. The SMILES string of the molecule is CCC(C)c1c(C)nn(C(=O)COc2ccc(Br)cc2)c1C. The van der Waals surface area contributed by atoms with Gasteiger partial charge in [-0.2, -0.15) is 5.10 Å². The Morgan fingerprint density at radius 3 is 2.55 bits per heavy atom. The molecule has 118 valence electrons. The molecule has 0 aliphatic rings. The Bertz CT molecular complexity index is 662. The van der Waals surface area contributed by atoms with Gasteiger partial charge in [0.15, 0.2) is 6.61 Å². The van der Waals surface area contributed by atoms with Gasteiger partial charge < -0.3 is 4.74 Å². The highest BCUT2D eigenvalue weighted by Crippen LogP contribution is 2.25. The molecule has 0 N–H and O–H groups in total. The Hall–Kier alpha value is -1.62. The van der Waals surface area contributed by atoms with Gasteiger partial charge in [-0.05, 0) is 56.0 Å². The van der Waals surface area contributed by atoms with E-state index in [0.717, 1.165) is 22.3 Å². The summed E-state index contributed by atoms with van der Waals surface area (Å²) in [5.74, 6) is 0.909. The molecule has 1 heterocycles. The predicted octanol–water partition coefficient (Wildman–Crippen LogP) is 4.50. The van der Waals surface area contributed by atoms with E-state index in [2.05, 4.69) is 34.9 Å². The molecular weight excluding hydrogens is 344 g/mol. The first-order valence-corrected chi connectivity index (χ1v) is 8.21. The Labute approximate surface area is 139 Å². The van der Waals surface area contributed by atoms with E-state index in [0.29, 0.717) is 11.7 Å². The van der Waals surface area contributed by atoms with Crippen LogP contribution in [-0.4, -0.2) is 22.3 Å². The van der Waals surface area contributed by atoms with E-state index in [1.165, 1.54) is 10.2 Å². The number of carbonyl (C=O) groups is 1. The number of carbonyl (C=O) groups excluding carboxylic acids is 1. The average Bonchev–Trinajstić information content (AvgIpc) is 2.80. The maximum atomic E-state index is 12.3. The van der Waals surface area contributed by atoms with Crippen molar-refractivity contribution in [2.24, 2.45) is 0 Å². The van der Waals surface area contributed by atoms with Crippen molar-refractivity contribution in [2.75, 3.05) is 6.61 Å². The Morgan fingerprint density at radius 2 is 1.95 bits per heavy atom. The minimum atomic E-state index is -0.155. The third-order valence-corrected chi connectivity index (χ3v) is 4.39. The van der Waals surface area contributed by atoms with Crippen molar-refractivity contribution >= 4 is 21.8 Å². The van der Waals surface area contributed by atoms with Gasteiger partial charge in [0.2, 0.25) is 0 Å². The van der Waals surface area contributed by atoms with Crippen LogP contribution in [-0.2, 0) is 0 Å². The van der Waals surface area contributed by atoms with E-state index in [-0.39, 0.29) is 12.5 Å². The highest BCUT2D eigenvalue weighted by Gasteiger charge is 2.20. The number of benzene rings is 1. The molecule has 1 atom stereocenters. The highest BCUT2D eigenvalue weighted by atomic mass is 79.9. The van der Waals surface area contributed by atoms with Gasteiger partial charge in [-0.1, -0.05) is 29.8 Å². The molecular formula is C17H21BrN2O2. The maximum Gasteiger partial charge on any atom is 0.284 e. The number of aromatic nitrogens is 2. The van der Waals surface area contributed by atoms with Crippen LogP contribution in [0.4, 0.5) is 0 Å². The topological polar surface area (TPSA) is 44.1 Å². The Balaban J connectivity index is 2.11. The summed E-state index contributed by atoms with van der Waals surface area (Å²) in [6, 6.07) is 7.40. The van der Waals surface area contributed by atoms with E-state index < -0.39 is 0 Å². The Kier molecular flexibility index (Phi) is 5.40. The minimum Gasteiger partial charge on any atom is -0.484 e. The number of hydrogen-bond acceptors (Lipinski definition) is 3. The van der Waals surface area contributed by atoms with Crippen LogP contribution < -0.4 is 4.74 Å². The van der Waals surface area contributed by atoms with Crippen LogP contribution in [0.5, 0.6) is 5.75 Å². The fourth-order valence-electron chi connectivity index (χ4n) is 2.55. The number of ether oxygens (including phenoxy) is 1. The Morgan fingerprint density at radius 1 is 1.32 bits per heavy atom. The molecule has 0 saturated carbocycles. The van der Waals surface area contributed by atoms with Crippen molar-refractivity contribution in [3.05, 3.63) is 45.7 Å². The summed E-state index contributed by atoms with van der Waals surface area (Å²) in [5.41, 5.74) is 3.00. The highest BCUT2D eigenvalue weighted by molar-refractivity contribution is 9.10. The average molecular weight is 365 g/mol. The second-order valence-electron chi connectivity index (χ2n) is 5.44. The van der Waals surface area contributed by atoms with Crippen LogP contribution in [0.15, 0.2) is 28.7 Å². The monoisotopic (exact) mass is 364 g/mol. The summed E-state index contributed by atoms with van der Waals surface area (Å²) in [6.45, 7) is 8.17. The van der Waals surface area contributed by atoms with Crippen molar-refractivity contribution in [3.63, 3.8) is 0 Å². The standard InChI is InChI=1S/C17H21BrN2O2/c1-5-11(2)17-12(3)19-20(13(17)4)16(21)10-22-15-8-6-14(18)7-9-15/h6-9,11H,5,10H2,1-4H3. The number of aryl methyl sites for hydroxylation is 1. The van der Waals surface area contributed by atoms with Gasteiger partial charge in [-0.25, -0.2) is 4.68 Å². The number of nitrogens with zero attached hydrogens (tertiary/aromatic N) is 2. The molecule has 0 aliphatic carbocycles. The zero-order valence-electron chi connectivity index (χ0n) is 13.4. The molecule has 0 radical (unpaired) electrons. The zero-order valence-corrected chi connectivity index (χ0v) is 15.0. The normalized spacial score (nSPS) is 12.2. The molecule has 0 fully saturated rings. The second-order valence-corrected chi connectivity index (χ2v) is 6.36. The summed E-state index contributed by atoms with van der Waals surface area (Å²) in [4.78, 5) is 12.3. The summed E-state index contributed by atoms with van der Waals surface area (Å²) < 4.78 is 7.98. The zero-order chi connectivity index (χ0) is 16.3. The first-order valence-electron chi connectivity index (χ1n) is 7.41. The van der Waals surface area contributed by atoms with Gasteiger partial charge in [0.1, 0.15) is 5.75 Å². The van der Waals surface area contributed by atoms with Crippen molar-refractivity contribution in [1.29, 1.82) is 0 Å². The van der Waals surface area contributed by atoms with E-state index in [9.17, 15) is 4.79 Å². The van der Waals surface area contributed by atoms with Gasteiger partial charge in [0, 0.05) is 10.2 Å². The van der Waals surface area contributed by atoms with Gasteiger partial charge in [0.25, 0.3) is 5.91 Å². The first-order chi connectivity index (χ1) is 10.4. The molecule has 1 aromatic carbocycles. The van der Waals surface area contributed by atoms with E-state index in [4.69, 9.17) is 4.74 Å². The lowest BCUT2D eigenvalue weighted by Gasteiger charge is -2.10. The smallest absolute Gasteiger partial charge is 0.284 e. The van der Waals surface area contributed by atoms with Crippen LogP contribution in [0.1, 0.15) is 47.9 Å². The molecule has 4 nitrogen and oxygen atoms in total. The van der Waals surface area contributed by atoms with Crippen molar-refractivity contribution in [2.45, 2.75) is 40.0 Å². The van der Waals surface area contributed by atoms with Gasteiger partial charge in [-0.3, -0.25) is 4.79 Å². The molecule has 2 rings (SSSR count). The summed E-state index contributed by atoms with van der Waals surface area (Å²) >= 11 is 3.37. The molecule has 0 spiro atoms. The molecule has 0 bridgehead atoms. The largest absolute Gasteiger partial charge is 0.484 e. The first kappa shape index (κ1) is 16.7. The second kappa shape index (κ2) is 7.09. The van der Waals surface area contributed by atoms with Crippen molar-refractivity contribution in [1.82, 2.24) is 9.78 Å². The predicted molar refractivity (Wildman–Crippen MR) is 90.7 cm³/mol. The number of hydrogen-bond donors (Lipinski definition) is 0. The molecule has 1 aromatic heterocycles. The van der Waals surface area contributed by atoms with E-state index >= 15 is 0 Å². The van der Waals surface area contributed by atoms with E-state index in [1.807, 2.05) is 38.1 Å². The van der Waals surface area contributed by atoms with E-state index in [1.54, 1.807) is 0 Å². The molecule has 1 unspecified atom stereocenters.